The highest BCUT2D eigenvalue weighted by atomic mass is 16.5. The van der Waals surface area contributed by atoms with Crippen molar-refractivity contribution in [3.05, 3.63) is 23.8 Å². The molecule has 1 aromatic carbocycles. The third kappa shape index (κ3) is 3.62. The van der Waals surface area contributed by atoms with Gasteiger partial charge in [-0.3, -0.25) is 0 Å². The number of aromatic nitrogens is 3. The van der Waals surface area contributed by atoms with Gasteiger partial charge < -0.3 is 25.3 Å². The molecule has 0 bridgehead atoms. The van der Waals surface area contributed by atoms with Gasteiger partial charge in [0.05, 0.1) is 27.0 Å². The zero-order valence-electron chi connectivity index (χ0n) is 12.1. The van der Waals surface area contributed by atoms with Gasteiger partial charge in [-0.15, -0.1) is 4.98 Å². The lowest BCUT2D eigenvalue weighted by atomic mass is 10.2. The maximum atomic E-state index is 5.86. The molecule has 1 aromatic heterocycles. The molecule has 2 aromatic rings. The molecule has 21 heavy (non-hydrogen) atoms. The van der Waals surface area contributed by atoms with Crippen LogP contribution in [-0.2, 0) is 6.54 Å². The summed E-state index contributed by atoms with van der Waals surface area (Å²) >= 11 is 0. The Bertz CT molecular complexity index is 599. The van der Waals surface area contributed by atoms with Gasteiger partial charge in [-0.1, -0.05) is 6.07 Å². The first-order valence-electron chi connectivity index (χ1n) is 6.16. The molecule has 0 aliphatic heterocycles. The minimum atomic E-state index is 0.179. The molecule has 0 amide bonds. The summed E-state index contributed by atoms with van der Waals surface area (Å²) in [6.45, 7) is 0.491. The van der Waals surface area contributed by atoms with Crippen LogP contribution in [0.2, 0.25) is 0 Å². The normalized spacial score (nSPS) is 10.0. The fourth-order valence-corrected chi connectivity index (χ4v) is 1.67. The van der Waals surface area contributed by atoms with E-state index >= 15 is 0 Å². The summed E-state index contributed by atoms with van der Waals surface area (Å²) in [7, 11) is 4.53. The molecular formula is C13H17N5O3. The van der Waals surface area contributed by atoms with Gasteiger partial charge in [0, 0.05) is 6.54 Å². The number of nitrogens with one attached hydrogen (secondary N) is 1. The van der Waals surface area contributed by atoms with Crippen molar-refractivity contribution in [2.45, 2.75) is 6.54 Å². The quantitative estimate of drug-likeness (QED) is 0.762. The summed E-state index contributed by atoms with van der Waals surface area (Å²) in [5.74, 6) is 0.996. The van der Waals surface area contributed by atoms with Crippen molar-refractivity contribution in [2.75, 3.05) is 32.4 Å². The smallest absolute Gasteiger partial charge is 0.324 e. The number of methoxy groups -OCH3 is 3. The SMILES string of the molecule is COc1nc(NCc2ccc(OC)c(N)c2)nc(OC)n1. The summed E-state index contributed by atoms with van der Waals surface area (Å²) in [5, 5.41) is 3.06. The Hall–Kier alpha value is -2.77. The van der Waals surface area contributed by atoms with Gasteiger partial charge in [-0.05, 0) is 17.7 Å². The van der Waals surface area contributed by atoms with Crippen LogP contribution < -0.4 is 25.3 Å². The molecule has 3 N–H and O–H groups in total. The molecule has 8 heteroatoms. The van der Waals surface area contributed by atoms with E-state index in [1.807, 2.05) is 12.1 Å². The molecule has 0 unspecified atom stereocenters. The predicted octanol–water partition coefficient (Wildman–Crippen LogP) is 1.09. The van der Waals surface area contributed by atoms with E-state index in [1.165, 1.54) is 14.2 Å². The molecule has 112 valence electrons. The van der Waals surface area contributed by atoms with Gasteiger partial charge in [-0.25, -0.2) is 0 Å². The molecule has 1 heterocycles. The van der Waals surface area contributed by atoms with Crippen molar-refractivity contribution >= 4 is 11.6 Å². The van der Waals surface area contributed by atoms with Gasteiger partial charge in [0.25, 0.3) is 0 Å². The van der Waals surface area contributed by atoms with E-state index in [2.05, 4.69) is 20.3 Å². The molecule has 0 radical (unpaired) electrons. The maximum absolute atomic E-state index is 5.86. The van der Waals surface area contributed by atoms with Gasteiger partial charge in [-0.2, -0.15) is 9.97 Å². The number of nitrogens with two attached hydrogens (primary N) is 1. The molecule has 0 spiro atoms. The highest BCUT2D eigenvalue weighted by Crippen LogP contribution is 2.22. The Kier molecular flexibility index (Phi) is 4.60. The van der Waals surface area contributed by atoms with Crippen LogP contribution in [0.15, 0.2) is 18.2 Å². The molecule has 8 nitrogen and oxygen atoms in total. The van der Waals surface area contributed by atoms with E-state index in [4.69, 9.17) is 19.9 Å². The van der Waals surface area contributed by atoms with Crippen molar-refractivity contribution in [1.82, 2.24) is 15.0 Å². The van der Waals surface area contributed by atoms with Crippen molar-refractivity contribution in [2.24, 2.45) is 0 Å². The van der Waals surface area contributed by atoms with E-state index < -0.39 is 0 Å². The number of nitrogen functional groups attached to an aromatic ring is 1. The fourth-order valence-electron chi connectivity index (χ4n) is 1.67. The Morgan fingerprint density at radius 1 is 1.00 bits per heavy atom. The third-order valence-electron chi connectivity index (χ3n) is 2.70. The minimum absolute atomic E-state index is 0.179. The van der Waals surface area contributed by atoms with Crippen LogP contribution in [0.4, 0.5) is 11.6 Å². The average Bonchev–Trinajstić information content (AvgIpc) is 2.52. The van der Waals surface area contributed by atoms with Gasteiger partial charge in [0.2, 0.25) is 5.95 Å². The van der Waals surface area contributed by atoms with E-state index in [-0.39, 0.29) is 12.0 Å². The Labute approximate surface area is 122 Å². The molecule has 2 rings (SSSR count). The highest BCUT2D eigenvalue weighted by molar-refractivity contribution is 5.54. The van der Waals surface area contributed by atoms with E-state index in [0.717, 1.165) is 5.56 Å². The second kappa shape index (κ2) is 6.60. The van der Waals surface area contributed by atoms with Crippen molar-refractivity contribution in [1.29, 1.82) is 0 Å². The van der Waals surface area contributed by atoms with Gasteiger partial charge in [0.15, 0.2) is 0 Å². The Morgan fingerprint density at radius 3 is 2.19 bits per heavy atom. The molecule has 0 fully saturated rings. The summed E-state index contributed by atoms with van der Waals surface area (Å²) in [5.41, 5.74) is 7.39. The van der Waals surface area contributed by atoms with Crippen LogP contribution in [0, 0.1) is 0 Å². The molecule has 0 aliphatic carbocycles. The topological polar surface area (TPSA) is 104 Å². The van der Waals surface area contributed by atoms with Crippen LogP contribution >= 0.6 is 0 Å². The highest BCUT2D eigenvalue weighted by Gasteiger charge is 2.07. The average molecular weight is 291 g/mol. The molecule has 0 aliphatic rings. The number of benzene rings is 1. The van der Waals surface area contributed by atoms with Crippen LogP contribution in [0.3, 0.4) is 0 Å². The van der Waals surface area contributed by atoms with Crippen molar-refractivity contribution in [3.63, 3.8) is 0 Å². The monoisotopic (exact) mass is 291 g/mol. The summed E-state index contributed by atoms with van der Waals surface area (Å²) < 4.78 is 15.1. The lowest BCUT2D eigenvalue weighted by Gasteiger charge is -2.09. The fraction of sp³-hybridized carbons (Fsp3) is 0.308. The Morgan fingerprint density at radius 2 is 1.67 bits per heavy atom. The van der Waals surface area contributed by atoms with E-state index in [1.54, 1.807) is 13.2 Å². The molecule has 0 saturated heterocycles. The van der Waals surface area contributed by atoms with Crippen LogP contribution in [0.25, 0.3) is 0 Å². The number of ether oxygens (including phenoxy) is 3. The molecule has 0 atom stereocenters. The van der Waals surface area contributed by atoms with Crippen molar-refractivity contribution < 1.29 is 14.2 Å². The zero-order valence-corrected chi connectivity index (χ0v) is 12.1. The Balaban J connectivity index is 2.10. The predicted molar refractivity (Wildman–Crippen MR) is 77.7 cm³/mol. The summed E-state index contributed by atoms with van der Waals surface area (Å²) in [4.78, 5) is 12.1. The first-order valence-corrected chi connectivity index (χ1v) is 6.16. The summed E-state index contributed by atoms with van der Waals surface area (Å²) in [6, 6.07) is 5.89. The molecular weight excluding hydrogens is 274 g/mol. The van der Waals surface area contributed by atoms with Crippen molar-refractivity contribution in [3.8, 4) is 17.8 Å². The lowest BCUT2D eigenvalue weighted by molar-refractivity contribution is 0.341. The minimum Gasteiger partial charge on any atom is -0.495 e. The third-order valence-corrected chi connectivity index (χ3v) is 2.70. The van der Waals surface area contributed by atoms with Gasteiger partial charge in [0.1, 0.15) is 5.75 Å². The van der Waals surface area contributed by atoms with Crippen LogP contribution in [-0.4, -0.2) is 36.3 Å². The van der Waals surface area contributed by atoms with Crippen LogP contribution in [0.5, 0.6) is 17.8 Å². The second-order valence-corrected chi connectivity index (χ2v) is 4.06. The number of hydrogen-bond acceptors (Lipinski definition) is 8. The number of anilines is 2. The zero-order chi connectivity index (χ0) is 15.2. The molecule has 0 saturated carbocycles. The lowest BCUT2D eigenvalue weighted by Crippen LogP contribution is -2.07. The number of nitrogens with zero attached hydrogens (tertiary/aromatic N) is 3. The first-order chi connectivity index (χ1) is 10.2. The second-order valence-electron chi connectivity index (χ2n) is 4.06. The maximum Gasteiger partial charge on any atom is 0.324 e. The van der Waals surface area contributed by atoms with Gasteiger partial charge >= 0.3 is 12.0 Å². The largest absolute Gasteiger partial charge is 0.495 e. The van der Waals surface area contributed by atoms with E-state index in [0.29, 0.717) is 23.9 Å². The number of rotatable bonds is 6. The van der Waals surface area contributed by atoms with E-state index in [9.17, 15) is 0 Å². The first kappa shape index (κ1) is 14.6. The number of hydrogen-bond donors (Lipinski definition) is 2. The van der Waals surface area contributed by atoms with Crippen LogP contribution in [0.1, 0.15) is 5.56 Å². The standard InChI is InChI=1S/C13H17N5O3/c1-19-10-5-4-8(6-9(10)14)7-15-11-16-12(20-2)18-13(17-11)21-3/h4-6H,7,14H2,1-3H3,(H,15,16,17,18). The summed E-state index contributed by atoms with van der Waals surface area (Å²) in [6.07, 6.45) is 0.